The minimum atomic E-state index is 0.0298. The first kappa shape index (κ1) is 12.9. The van der Waals surface area contributed by atoms with E-state index in [2.05, 4.69) is 17.2 Å². The number of H-pyrrole nitrogens is 1. The van der Waals surface area contributed by atoms with Gasteiger partial charge in [0.25, 0.3) is 0 Å². The zero-order valence-corrected chi connectivity index (χ0v) is 11.8. The van der Waals surface area contributed by atoms with Crippen LogP contribution in [0.1, 0.15) is 62.7 Å². The third-order valence-electron chi connectivity index (χ3n) is 4.92. The van der Waals surface area contributed by atoms with E-state index < -0.39 is 0 Å². The van der Waals surface area contributed by atoms with E-state index in [9.17, 15) is 4.79 Å². The highest BCUT2D eigenvalue weighted by atomic mass is 16.1. The van der Waals surface area contributed by atoms with E-state index in [-0.39, 0.29) is 5.56 Å². The van der Waals surface area contributed by atoms with Crippen LogP contribution in [0.4, 0.5) is 0 Å². The molecule has 1 aromatic heterocycles. The normalized spacial score (nSPS) is 25.2. The maximum atomic E-state index is 11.4. The van der Waals surface area contributed by atoms with Crippen molar-refractivity contribution in [2.45, 2.75) is 57.9 Å². The van der Waals surface area contributed by atoms with Gasteiger partial charge in [-0.15, -0.1) is 0 Å². The first-order valence-corrected chi connectivity index (χ1v) is 7.62. The van der Waals surface area contributed by atoms with Gasteiger partial charge in [0, 0.05) is 24.3 Å². The van der Waals surface area contributed by atoms with Crippen LogP contribution in [0.2, 0.25) is 0 Å². The number of nitrogens with one attached hydrogen (secondary N) is 2. The topological polar surface area (TPSA) is 44.9 Å². The summed E-state index contributed by atoms with van der Waals surface area (Å²) < 4.78 is 0. The molecule has 0 aromatic carbocycles. The van der Waals surface area contributed by atoms with Crippen molar-refractivity contribution in [3.8, 4) is 0 Å². The molecule has 1 aromatic rings. The molecule has 0 aliphatic heterocycles. The average Bonchev–Trinajstić information content (AvgIpc) is 2.83. The summed E-state index contributed by atoms with van der Waals surface area (Å²) in [7, 11) is 0. The SMILES string of the molecule is CC1(CNC2CCCc3[nH]c(=O)ccc32)CCCC1. The molecule has 1 saturated carbocycles. The summed E-state index contributed by atoms with van der Waals surface area (Å²) >= 11 is 0. The Kier molecular flexibility index (Phi) is 3.48. The molecule has 3 nitrogen and oxygen atoms in total. The fourth-order valence-corrected chi connectivity index (χ4v) is 3.69. The van der Waals surface area contributed by atoms with Crippen molar-refractivity contribution < 1.29 is 0 Å². The third-order valence-corrected chi connectivity index (χ3v) is 4.92. The number of fused-ring (bicyclic) bond motifs is 1. The van der Waals surface area contributed by atoms with Gasteiger partial charge in [0.05, 0.1) is 0 Å². The third kappa shape index (κ3) is 2.76. The molecule has 1 atom stereocenters. The number of aromatic nitrogens is 1. The van der Waals surface area contributed by atoms with Crippen LogP contribution in [0.25, 0.3) is 0 Å². The molecule has 1 unspecified atom stereocenters. The largest absolute Gasteiger partial charge is 0.326 e. The lowest BCUT2D eigenvalue weighted by molar-refractivity contribution is 0.288. The lowest BCUT2D eigenvalue weighted by Crippen LogP contribution is -2.34. The van der Waals surface area contributed by atoms with Gasteiger partial charge < -0.3 is 10.3 Å². The van der Waals surface area contributed by atoms with E-state index in [0.717, 1.165) is 18.7 Å². The van der Waals surface area contributed by atoms with Crippen LogP contribution in [0.15, 0.2) is 16.9 Å². The molecule has 1 heterocycles. The van der Waals surface area contributed by atoms with Crippen molar-refractivity contribution in [2.75, 3.05) is 6.54 Å². The van der Waals surface area contributed by atoms with Crippen LogP contribution in [0, 0.1) is 5.41 Å². The van der Waals surface area contributed by atoms with Gasteiger partial charge in [0.15, 0.2) is 0 Å². The van der Waals surface area contributed by atoms with Gasteiger partial charge in [-0.3, -0.25) is 4.79 Å². The number of aromatic amines is 1. The Balaban J connectivity index is 1.71. The smallest absolute Gasteiger partial charge is 0.248 e. The van der Waals surface area contributed by atoms with Crippen LogP contribution in [0.5, 0.6) is 0 Å². The fraction of sp³-hybridized carbons (Fsp3) is 0.688. The molecular weight excluding hydrogens is 236 g/mol. The standard InChI is InChI=1S/C16H24N2O/c1-16(9-2-3-10-16)11-17-13-5-4-6-14-12(13)7-8-15(19)18-14/h7-8,13,17H,2-6,9-11H2,1H3,(H,18,19). The predicted octanol–water partition coefficient (Wildman–Crippen LogP) is 2.92. The summed E-state index contributed by atoms with van der Waals surface area (Å²) in [5.41, 5.74) is 2.97. The zero-order chi connectivity index (χ0) is 13.3. The average molecular weight is 260 g/mol. The maximum absolute atomic E-state index is 11.4. The van der Waals surface area contributed by atoms with E-state index in [0.29, 0.717) is 11.5 Å². The van der Waals surface area contributed by atoms with Crippen LogP contribution in [0.3, 0.4) is 0 Å². The molecular formula is C16H24N2O. The number of pyridine rings is 1. The second-order valence-electron chi connectivity index (χ2n) is 6.60. The predicted molar refractivity (Wildman–Crippen MR) is 77.3 cm³/mol. The second kappa shape index (κ2) is 5.12. The molecule has 2 aliphatic carbocycles. The number of hydrogen-bond acceptors (Lipinski definition) is 2. The van der Waals surface area contributed by atoms with Gasteiger partial charge >= 0.3 is 0 Å². The Hall–Kier alpha value is -1.09. The molecule has 0 amide bonds. The molecule has 19 heavy (non-hydrogen) atoms. The summed E-state index contributed by atoms with van der Waals surface area (Å²) in [6, 6.07) is 4.11. The van der Waals surface area contributed by atoms with Gasteiger partial charge in [-0.05, 0) is 43.1 Å². The van der Waals surface area contributed by atoms with Crippen LogP contribution >= 0.6 is 0 Å². The summed E-state index contributed by atoms with van der Waals surface area (Å²) in [4.78, 5) is 14.4. The number of rotatable bonds is 3. The molecule has 2 aliphatic rings. The Bertz CT molecular complexity index is 500. The molecule has 0 bridgehead atoms. The summed E-state index contributed by atoms with van der Waals surface area (Å²) in [5, 5.41) is 3.76. The van der Waals surface area contributed by atoms with E-state index >= 15 is 0 Å². The van der Waals surface area contributed by atoms with Crippen molar-refractivity contribution >= 4 is 0 Å². The second-order valence-corrected chi connectivity index (χ2v) is 6.60. The van der Waals surface area contributed by atoms with Gasteiger partial charge in [-0.2, -0.15) is 0 Å². The van der Waals surface area contributed by atoms with Gasteiger partial charge in [0.1, 0.15) is 0 Å². The van der Waals surface area contributed by atoms with Crippen LogP contribution in [-0.4, -0.2) is 11.5 Å². The van der Waals surface area contributed by atoms with E-state index in [1.54, 1.807) is 6.07 Å². The summed E-state index contributed by atoms with van der Waals surface area (Å²) in [5.74, 6) is 0. The van der Waals surface area contributed by atoms with E-state index in [4.69, 9.17) is 0 Å². The molecule has 2 N–H and O–H groups in total. The summed E-state index contributed by atoms with van der Waals surface area (Å²) in [6.45, 7) is 3.51. The minimum Gasteiger partial charge on any atom is -0.326 e. The molecule has 3 rings (SSSR count). The minimum absolute atomic E-state index is 0.0298. The van der Waals surface area contributed by atoms with E-state index in [1.165, 1.54) is 44.1 Å². The summed E-state index contributed by atoms with van der Waals surface area (Å²) in [6.07, 6.45) is 8.84. The van der Waals surface area contributed by atoms with Crippen molar-refractivity contribution in [3.63, 3.8) is 0 Å². The van der Waals surface area contributed by atoms with Gasteiger partial charge in [-0.25, -0.2) is 0 Å². The van der Waals surface area contributed by atoms with E-state index in [1.807, 2.05) is 6.07 Å². The maximum Gasteiger partial charge on any atom is 0.248 e. The van der Waals surface area contributed by atoms with Crippen molar-refractivity contribution in [2.24, 2.45) is 5.41 Å². The van der Waals surface area contributed by atoms with Crippen molar-refractivity contribution in [1.82, 2.24) is 10.3 Å². The van der Waals surface area contributed by atoms with Gasteiger partial charge in [-0.1, -0.05) is 25.8 Å². The molecule has 104 valence electrons. The zero-order valence-electron chi connectivity index (χ0n) is 11.8. The Morgan fingerprint density at radius 3 is 2.89 bits per heavy atom. The molecule has 0 saturated heterocycles. The lowest BCUT2D eigenvalue weighted by atomic mass is 9.86. The first-order chi connectivity index (χ1) is 9.16. The highest BCUT2D eigenvalue weighted by molar-refractivity contribution is 5.26. The highest BCUT2D eigenvalue weighted by Crippen LogP contribution is 2.38. The molecule has 1 fully saturated rings. The van der Waals surface area contributed by atoms with Crippen LogP contribution in [-0.2, 0) is 6.42 Å². The first-order valence-electron chi connectivity index (χ1n) is 7.62. The lowest BCUT2D eigenvalue weighted by Gasteiger charge is -2.31. The highest BCUT2D eigenvalue weighted by Gasteiger charge is 2.30. The quantitative estimate of drug-likeness (QED) is 0.877. The Morgan fingerprint density at radius 2 is 2.11 bits per heavy atom. The van der Waals surface area contributed by atoms with Gasteiger partial charge in [0.2, 0.25) is 5.56 Å². The molecule has 3 heteroatoms. The molecule has 0 radical (unpaired) electrons. The Morgan fingerprint density at radius 1 is 1.32 bits per heavy atom. The number of hydrogen-bond donors (Lipinski definition) is 2. The monoisotopic (exact) mass is 260 g/mol. The Labute approximate surface area is 114 Å². The molecule has 0 spiro atoms. The fourth-order valence-electron chi connectivity index (χ4n) is 3.69. The van der Waals surface area contributed by atoms with Crippen LogP contribution < -0.4 is 10.9 Å². The van der Waals surface area contributed by atoms with Crippen molar-refractivity contribution in [1.29, 1.82) is 0 Å². The number of aryl methyl sites for hydroxylation is 1. The van der Waals surface area contributed by atoms with Crippen molar-refractivity contribution in [3.05, 3.63) is 33.7 Å².